The topological polar surface area (TPSA) is 123 Å². The molecule has 0 bridgehead atoms. The van der Waals surface area contributed by atoms with Crippen molar-refractivity contribution in [1.82, 2.24) is 6.15 Å². The van der Waals surface area contributed by atoms with Crippen LogP contribution >= 0.6 is 0 Å². The van der Waals surface area contributed by atoms with Crippen LogP contribution in [0.2, 0.25) is 0 Å². The van der Waals surface area contributed by atoms with E-state index in [1.54, 1.807) is 0 Å². The van der Waals surface area contributed by atoms with Gasteiger partial charge < -0.3 is 26.6 Å². The summed E-state index contributed by atoms with van der Waals surface area (Å²) in [5, 5.41) is 23.8. The third-order valence-electron chi connectivity index (χ3n) is 0.862. The van der Waals surface area contributed by atoms with E-state index in [1.165, 1.54) is 0 Å². The van der Waals surface area contributed by atoms with Crippen molar-refractivity contribution in [3.05, 3.63) is 15.3 Å². The smallest absolute Gasteiger partial charge is 0.0689 e. The van der Waals surface area contributed by atoms with Crippen molar-refractivity contribution >= 4 is 0 Å². The Morgan fingerprint density at radius 1 is 1.42 bits per heavy atom. The second-order valence-corrected chi connectivity index (χ2v) is 2.79. The van der Waals surface area contributed by atoms with E-state index >= 15 is 0 Å². The number of rotatable bonds is 2. The fourth-order valence-electron chi connectivity index (χ4n) is 0.612. The lowest BCUT2D eigenvalue weighted by atomic mass is 10.0. The van der Waals surface area contributed by atoms with Gasteiger partial charge in [-0.05, 0) is 20.3 Å². The Balaban J connectivity index is -0.000000142. The molecule has 0 amide bonds. The molecule has 5 N–H and O–H groups in total. The molecule has 0 aromatic carbocycles. The third kappa shape index (κ3) is 61.8. The van der Waals surface area contributed by atoms with Crippen LogP contribution in [0.1, 0.15) is 33.6 Å². The zero-order valence-corrected chi connectivity index (χ0v) is 8.03. The highest BCUT2D eigenvalue weighted by molar-refractivity contribution is 4.61. The van der Waals surface area contributed by atoms with Crippen LogP contribution in [-0.2, 0) is 0 Å². The van der Waals surface area contributed by atoms with Crippen LogP contribution < -0.4 is 6.15 Å². The van der Waals surface area contributed by atoms with E-state index < -0.39 is 10.7 Å². The van der Waals surface area contributed by atoms with Crippen molar-refractivity contribution in [1.29, 1.82) is 0 Å². The summed E-state index contributed by atoms with van der Waals surface area (Å²) in [4.78, 5) is 8.25. The van der Waals surface area contributed by atoms with E-state index in [0.29, 0.717) is 0 Å². The molecular weight excluding hydrogens is 164 g/mol. The van der Waals surface area contributed by atoms with Gasteiger partial charge in [0.05, 0.1) is 10.7 Å². The van der Waals surface area contributed by atoms with Crippen molar-refractivity contribution in [2.75, 3.05) is 0 Å². The minimum Gasteiger partial charge on any atom is -0.390 e. The first-order chi connectivity index (χ1) is 4.79. The zero-order chi connectivity index (χ0) is 9.49. The van der Waals surface area contributed by atoms with Gasteiger partial charge in [-0.3, -0.25) is 0 Å². The van der Waals surface area contributed by atoms with Crippen LogP contribution in [0.4, 0.5) is 0 Å². The predicted molar refractivity (Wildman–Crippen MR) is 47.6 cm³/mol. The van der Waals surface area contributed by atoms with Crippen LogP contribution in [0, 0.1) is 15.3 Å². The van der Waals surface area contributed by atoms with Gasteiger partial charge in [0.2, 0.25) is 0 Å². The van der Waals surface area contributed by atoms with Gasteiger partial charge in [-0.1, -0.05) is 13.3 Å². The Labute approximate surface area is 71.9 Å². The molecule has 0 heterocycles. The van der Waals surface area contributed by atoms with E-state index in [-0.39, 0.29) is 6.15 Å². The van der Waals surface area contributed by atoms with Gasteiger partial charge in [-0.15, -0.1) is 0 Å². The average molecular weight is 182 g/mol. The molecule has 0 aliphatic carbocycles. The fourth-order valence-corrected chi connectivity index (χ4v) is 0.612. The van der Waals surface area contributed by atoms with Gasteiger partial charge >= 0.3 is 0 Å². The van der Waals surface area contributed by atoms with Crippen molar-refractivity contribution in [2.24, 2.45) is 0 Å². The average Bonchev–Trinajstić information content (AvgIpc) is 1.58. The van der Waals surface area contributed by atoms with Gasteiger partial charge in [0.25, 0.3) is 0 Å². The summed E-state index contributed by atoms with van der Waals surface area (Å²) in [6.45, 7) is 5.73. The Morgan fingerprint density at radius 3 is 1.67 bits per heavy atom. The lowest BCUT2D eigenvalue weighted by Gasteiger charge is -2.14. The molecule has 0 aromatic rings. The molecule has 0 radical (unpaired) electrons. The Bertz CT molecular complexity index is 107. The SMILES string of the molecule is CCCC(C)(C)O.O=[N+]([O-])[O-].[NH4+]. The van der Waals surface area contributed by atoms with Crippen molar-refractivity contribution < 1.29 is 10.2 Å². The molecule has 0 rings (SSSR count). The normalized spacial score (nSPS) is 9.00. The first kappa shape index (κ1) is 17.3. The monoisotopic (exact) mass is 182 g/mol. The Hall–Kier alpha value is -0.880. The molecule has 6 heteroatoms. The first-order valence-electron chi connectivity index (χ1n) is 3.33. The van der Waals surface area contributed by atoms with Gasteiger partial charge in [0.15, 0.2) is 0 Å². The highest BCUT2D eigenvalue weighted by atomic mass is 16.9. The van der Waals surface area contributed by atoms with Crippen LogP contribution in [0.3, 0.4) is 0 Å². The summed E-state index contributed by atoms with van der Waals surface area (Å²) in [5.74, 6) is 0. The van der Waals surface area contributed by atoms with E-state index in [2.05, 4.69) is 6.92 Å². The molecule has 0 saturated heterocycles. The van der Waals surface area contributed by atoms with Gasteiger partial charge in [-0.2, -0.15) is 0 Å². The van der Waals surface area contributed by atoms with Crippen LogP contribution in [0.5, 0.6) is 0 Å². The summed E-state index contributed by atoms with van der Waals surface area (Å²) in [6, 6.07) is 0. The van der Waals surface area contributed by atoms with Crippen LogP contribution in [-0.4, -0.2) is 15.8 Å². The van der Waals surface area contributed by atoms with Crippen molar-refractivity contribution in [3.63, 3.8) is 0 Å². The molecular formula is C6H18N2O4. The highest BCUT2D eigenvalue weighted by Gasteiger charge is 2.08. The maximum atomic E-state index is 9.02. The molecule has 0 spiro atoms. The summed E-state index contributed by atoms with van der Waals surface area (Å²) in [6.07, 6.45) is 1.95. The number of hydrogen-bond acceptors (Lipinski definition) is 4. The van der Waals surface area contributed by atoms with E-state index in [0.717, 1.165) is 12.8 Å². The van der Waals surface area contributed by atoms with Gasteiger partial charge in [0, 0.05) is 0 Å². The van der Waals surface area contributed by atoms with Crippen molar-refractivity contribution in [3.8, 4) is 0 Å². The molecule has 0 aromatic heterocycles. The Kier molecular flexibility index (Phi) is 11.8. The summed E-state index contributed by atoms with van der Waals surface area (Å²) < 4.78 is 0. The standard InChI is InChI=1S/C6H14O.NO3.H3N/c1-4-5-6(2,3)7;2-1(3)4;/h7H,4-5H2,1-3H3;;1H3/q;-1;/p+1. The van der Waals surface area contributed by atoms with E-state index in [4.69, 9.17) is 20.4 Å². The summed E-state index contributed by atoms with van der Waals surface area (Å²) in [5.41, 5.74) is -0.450. The second kappa shape index (κ2) is 8.22. The van der Waals surface area contributed by atoms with Crippen molar-refractivity contribution in [2.45, 2.75) is 39.2 Å². The molecule has 0 saturated carbocycles. The second-order valence-electron chi connectivity index (χ2n) is 2.79. The molecule has 0 unspecified atom stereocenters. The minimum absolute atomic E-state index is 0. The lowest BCUT2D eigenvalue weighted by Crippen LogP contribution is -2.16. The quantitative estimate of drug-likeness (QED) is 0.498. The highest BCUT2D eigenvalue weighted by Crippen LogP contribution is 2.08. The summed E-state index contributed by atoms with van der Waals surface area (Å²) in [7, 11) is 0. The zero-order valence-electron chi connectivity index (χ0n) is 8.03. The van der Waals surface area contributed by atoms with Gasteiger partial charge in [0.1, 0.15) is 0 Å². The van der Waals surface area contributed by atoms with E-state index in [1.807, 2.05) is 13.8 Å². The predicted octanol–water partition coefficient (Wildman–Crippen LogP) is 1.69. The third-order valence-corrected chi connectivity index (χ3v) is 0.862. The van der Waals surface area contributed by atoms with Crippen LogP contribution in [0.15, 0.2) is 0 Å². The molecule has 12 heavy (non-hydrogen) atoms. The number of nitrogens with zero attached hydrogens (tertiary/aromatic N) is 1. The largest absolute Gasteiger partial charge is 0.390 e. The maximum absolute atomic E-state index is 9.02. The minimum atomic E-state index is -1.75. The van der Waals surface area contributed by atoms with Gasteiger partial charge in [-0.25, -0.2) is 0 Å². The Morgan fingerprint density at radius 2 is 1.67 bits per heavy atom. The first-order valence-corrected chi connectivity index (χ1v) is 3.33. The van der Waals surface area contributed by atoms with Crippen LogP contribution in [0.25, 0.3) is 0 Å². The molecule has 76 valence electrons. The lowest BCUT2D eigenvalue weighted by molar-refractivity contribution is -0.402. The van der Waals surface area contributed by atoms with E-state index in [9.17, 15) is 0 Å². The number of hydrogen-bond donors (Lipinski definition) is 2. The number of aliphatic hydroxyl groups is 1. The summed E-state index contributed by atoms with van der Waals surface area (Å²) >= 11 is 0. The molecule has 0 fully saturated rings. The fraction of sp³-hybridized carbons (Fsp3) is 1.00. The maximum Gasteiger partial charge on any atom is 0.0689 e. The molecule has 0 aliphatic rings. The molecule has 0 aliphatic heterocycles. The molecule has 6 nitrogen and oxygen atoms in total. The number of quaternary nitrogens is 1. The molecule has 0 atom stereocenters.